The topological polar surface area (TPSA) is 104 Å². The number of fused-ring (bicyclic) bond motifs is 1. The maximum atomic E-state index is 12.4. The summed E-state index contributed by atoms with van der Waals surface area (Å²) in [6, 6.07) is 9.81. The first-order valence-corrected chi connectivity index (χ1v) is 9.79. The molecule has 3 aromatic rings. The van der Waals surface area contributed by atoms with Gasteiger partial charge < -0.3 is 9.30 Å². The Hall–Kier alpha value is -3.59. The van der Waals surface area contributed by atoms with Crippen LogP contribution in [0.15, 0.2) is 47.5 Å². The van der Waals surface area contributed by atoms with Crippen molar-refractivity contribution in [3.63, 3.8) is 0 Å². The van der Waals surface area contributed by atoms with E-state index in [1.54, 1.807) is 16.7 Å². The summed E-state index contributed by atoms with van der Waals surface area (Å²) in [4.78, 5) is 39.1. The van der Waals surface area contributed by atoms with Crippen molar-refractivity contribution in [3.05, 3.63) is 74.1 Å². The molecule has 0 unspecified atom stereocenters. The minimum Gasteiger partial charge on any atom is -0.468 e. The lowest BCUT2D eigenvalue weighted by molar-refractivity contribution is -0.384. The zero-order valence-corrected chi connectivity index (χ0v) is 17.4. The van der Waals surface area contributed by atoms with Crippen LogP contribution >= 0.6 is 11.3 Å². The highest BCUT2D eigenvalue weighted by Gasteiger charge is 2.13. The Morgan fingerprint density at radius 2 is 1.93 bits per heavy atom. The molecular weight excluding hydrogens is 406 g/mol. The first-order valence-electron chi connectivity index (χ1n) is 8.97. The molecule has 9 heteroatoms. The number of esters is 1. The van der Waals surface area contributed by atoms with E-state index in [-0.39, 0.29) is 12.2 Å². The van der Waals surface area contributed by atoms with Gasteiger partial charge in [0, 0.05) is 18.2 Å². The average Bonchev–Trinajstić information content (AvgIpc) is 3.03. The number of hydrogen-bond acceptors (Lipinski definition) is 6. The van der Waals surface area contributed by atoms with Gasteiger partial charge in [-0.2, -0.15) is 4.99 Å². The predicted molar refractivity (Wildman–Crippen MR) is 114 cm³/mol. The number of ether oxygens (including phenoxy) is 1. The number of non-ortho nitro benzene ring substituents is 1. The molecule has 2 aromatic carbocycles. The number of nitrogens with zero attached hydrogens (tertiary/aromatic N) is 3. The molecule has 0 aliphatic rings. The zero-order chi connectivity index (χ0) is 21.8. The van der Waals surface area contributed by atoms with Crippen molar-refractivity contribution < 1.29 is 19.2 Å². The fraction of sp³-hybridized carbons (Fsp3) is 0.190. The van der Waals surface area contributed by atoms with Crippen LogP contribution in [0, 0.1) is 24.0 Å². The largest absolute Gasteiger partial charge is 0.468 e. The molecule has 0 aliphatic heterocycles. The number of methoxy groups -OCH3 is 1. The van der Waals surface area contributed by atoms with Gasteiger partial charge in [0.25, 0.3) is 11.6 Å². The summed E-state index contributed by atoms with van der Waals surface area (Å²) in [7, 11) is 1.31. The predicted octanol–water partition coefficient (Wildman–Crippen LogP) is 3.54. The molecule has 0 saturated carbocycles. The van der Waals surface area contributed by atoms with Gasteiger partial charge in [0.05, 0.1) is 22.2 Å². The van der Waals surface area contributed by atoms with Gasteiger partial charge in [0.2, 0.25) is 0 Å². The summed E-state index contributed by atoms with van der Waals surface area (Å²) >= 11 is 1.32. The first kappa shape index (κ1) is 21.1. The van der Waals surface area contributed by atoms with Crippen molar-refractivity contribution in [1.29, 1.82) is 0 Å². The van der Waals surface area contributed by atoms with E-state index in [0.29, 0.717) is 10.4 Å². The molecule has 0 fully saturated rings. The smallest absolute Gasteiger partial charge is 0.325 e. The number of carbonyl (C=O) groups excluding carboxylic acids is 2. The minimum absolute atomic E-state index is 0.0250. The second-order valence-electron chi connectivity index (χ2n) is 6.61. The number of thiazole rings is 1. The second kappa shape index (κ2) is 8.83. The molecule has 30 heavy (non-hydrogen) atoms. The van der Waals surface area contributed by atoms with Gasteiger partial charge in [-0.3, -0.25) is 19.7 Å². The van der Waals surface area contributed by atoms with Gasteiger partial charge in [0.15, 0.2) is 4.80 Å². The Morgan fingerprint density at radius 3 is 2.57 bits per heavy atom. The summed E-state index contributed by atoms with van der Waals surface area (Å²) in [5.74, 6) is -0.946. The van der Waals surface area contributed by atoms with Gasteiger partial charge in [-0.25, -0.2) is 0 Å². The summed E-state index contributed by atoms with van der Waals surface area (Å²) < 4.78 is 7.38. The van der Waals surface area contributed by atoms with Crippen molar-refractivity contribution >= 4 is 45.2 Å². The third-order valence-corrected chi connectivity index (χ3v) is 5.38. The third-order valence-electron chi connectivity index (χ3n) is 4.35. The van der Waals surface area contributed by atoms with E-state index >= 15 is 0 Å². The van der Waals surface area contributed by atoms with E-state index < -0.39 is 16.8 Å². The third kappa shape index (κ3) is 4.69. The monoisotopic (exact) mass is 425 g/mol. The highest BCUT2D eigenvalue weighted by Crippen LogP contribution is 2.23. The number of carbonyl (C=O) groups is 2. The molecule has 154 valence electrons. The lowest BCUT2D eigenvalue weighted by Gasteiger charge is -2.06. The highest BCUT2D eigenvalue weighted by atomic mass is 32.1. The van der Waals surface area contributed by atoms with Crippen LogP contribution in [0.25, 0.3) is 16.3 Å². The molecule has 3 rings (SSSR count). The molecule has 0 atom stereocenters. The molecule has 0 saturated heterocycles. The van der Waals surface area contributed by atoms with Crippen LogP contribution in [0.3, 0.4) is 0 Å². The van der Waals surface area contributed by atoms with Crippen LogP contribution in [-0.2, 0) is 20.9 Å². The SMILES string of the molecule is COC(=O)Cn1c(=NC(=O)/C=C\c2ccc([N+](=O)[O-])cc2)sc2cc(C)cc(C)c21. The minimum atomic E-state index is -0.507. The van der Waals surface area contributed by atoms with E-state index in [4.69, 9.17) is 4.74 Å². The average molecular weight is 425 g/mol. The summed E-state index contributed by atoms with van der Waals surface area (Å²) in [6.45, 7) is 3.86. The van der Waals surface area contributed by atoms with Crippen molar-refractivity contribution in [1.82, 2.24) is 4.57 Å². The molecule has 0 bridgehead atoms. The molecule has 1 heterocycles. The molecule has 1 amide bonds. The Labute approximate surface area is 175 Å². The number of nitro groups is 1. The fourth-order valence-corrected chi connectivity index (χ4v) is 4.23. The standard InChI is InChI=1S/C21H19N3O5S/c1-13-10-14(2)20-17(11-13)30-21(23(20)12-19(26)29-3)22-18(25)9-6-15-4-7-16(8-5-15)24(27)28/h4-11H,12H2,1-3H3/b9-6-,22-21?. The van der Waals surface area contributed by atoms with E-state index in [9.17, 15) is 19.7 Å². The van der Waals surface area contributed by atoms with Crippen molar-refractivity contribution in [2.75, 3.05) is 7.11 Å². The summed E-state index contributed by atoms with van der Waals surface area (Å²) in [5.41, 5.74) is 3.49. The van der Waals surface area contributed by atoms with Crippen LogP contribution in [0.4, 0.5) is 5.69 Å². The van der Waals surface area contributed by atoms with Gasteiger partial charge >= 0.3 is 5.97 Å². The van der Waals surface area contributed by atoms with Crippen molar-refractivity contribution in [3.8, 4) is 0 Å². The summed E-state index contributed by atoms with van der Waals surface area (Å²) in [6.07, 6.45) is 2.81. The number of hydrogen-bond donors (Lipinski definition) is 0. The molecule has 0 spiro atoms. The van der Waals surface area contributed by atoms with Crippen molar-refractivity contribution in [2.45, 2.75) is 20.4 Å². The van der Waals surface area contributed by atoms with Crippen LogP contribution in [0.2, 0.25) is 0 Å². The van der Waals surface area contributed by atoms with Crippen LogP contribution in [-0.4, -0.2) is 28.5 Å². The molecule has 1 aromatic heterocycles. The Bertz CT molecular complexity index is 1240. The maximum Gasteiger partial charge on any atom is 0.325 e. The van der Waals surface area contributed by atoms with Gasteiger partial charge in [-0.15, -0.1) is 0 Å². The molecule has 0 aliphatic carbocycles. The number of aromatic nitrogens is 1. The van der Waals surface area contributed by atoms with E-state index in [0.717, 1.165) is 21.3 Å². The fourth-order valence-electron chi connectivity index (χ4n) is 3.02. The zero-order valence-electron chi connectivity index (χ0n) is 16.6. The van der Waals surface area contributed by atoms with E-state index in [2.05, 4.69) is 4.99 Å². The molecule has 0 N–H and O–H groups in total. The molecule has 8 nitrogen and oxygen atoms in total. The lowest BCUT2D eigenvalue weighted by Crippen LogP contribution is -2.22. The number of rotatable bonds is 5. The highest BCUT2D eigenvalue weighted by molar-refractivity contribution is 7.16. The first-order chi connectivity index (χ1) is 14.3. The van der Waals surface area contributed by atoms with Crippen molar-refractivity contribution in [2.24, 2.45) is 4.99 Å². The Morgan fingerprint density at radius 1 is 1.23 bits per heavy atom. The maximum absolute atomic E-state index is 12.4. The molecule has 0 radical (unpaired) electrons. The van der Waals surface area contributed by atoms with Gasteiger partial charge in [0.1, 0.15) is 6.54 Å². The number of amides is 1. The molecular formula is C21H19N3O5S. The number of nitro benzene ring substituents is 1. The van der Waals surface area contributed by atoms with Gasteiger partial charge in [-0.1, -0.05) is 17.4 Å². The van der Waals surface area contributed by atoms with E-state index in [1.165, 1.54) is 42.7 Å². The van der Waals surface area contributed by atoms with Crippen LogP contribution in [0.1, 0.15) is 16.7 Å². The van der Waals surface area contributed by atoms with Gasteiger partial charge in [-0.05, 0) is 54.8 Å². The lowest BCUT2D eigenvalue weighted by atomic mass is 10.1. The van der Waals surface area contributed by atoms with Crippen LogP contribution in [0.5, 0.6) is 0 Å². The van der Waals surface area contributed by atoms with Crippen LogP contribution < -0.4 is 4.80 Å². The Kier molecular flexibility index (Phi) is 6.22. The van der Waals surface area contributed by atoms with E-state index in [1.807, 2.05) is 26.0 Å². The second-order valence-corrected chi connectivity index (χ2v) is 7.62. The number of benzene rings is 2. The Balaban J connectivity index is 1.98. The quantitative estimate of drug-likeness (QED) is 0.269. The number of aryl methyl sites for hydroxylation is 2. The normalized spacial score (nSPS) is 11.9. The summed E-state index contributed by atoms with van der Waals surface area (Å²) in [5, 5.41) is 10.7.